The molecule has 8 nitrogen and oxygen atoms in total. The van der Waals surface area contributed by atoms with Crippen LogP contribution >= 0.6 is 0 Å². The summed E-state index contributed by atoms with van der Waals surface area (Å²) in [7, 11) is 0. The Labute approximate surface area is 267 Å². The smallest absolute Gasteiger partial charge is 0.331 e. The van der Waals surface area contributed by atoms with Gasteiger partial charge in [0, 0.05) is 12.2 Å². The minimum atomic E-state index is -0.896. The van der Waals surface area contributed by atoms with E-state index in [9.17, 15) is 19.2 Å². The van der Waals surface area contributed by atoms with Crippen molar-refractivity contribution in [1.82, 2.24) is 0 Å². The van der Waals surface area contributed by atoms with Gasteiger partial charge in [-0.15, -0.1) is 0 Å². The molecule has 0 aliphatic heterocycles. The number of esters is 4. The van der Waals surface area contributed by atoms with E-state index in [0.717, 1.165) is 62.5 Å². The second-order valence-electron chi connectivity index (χ2n) is 12.1. The Morgan fingerprint density at radius 3 is 1.36 bits per heavy atom. The summed E-state index contributed by atoms with van der Waals surface area (Å²) in [5.74, 6) is -2.65. The predicted octanol–water partition coefficient (Wildman–Crippen LogP) is 7.43. The Morgan fingerprint density at radius 2 is 1.00 bits per heavy atom. The number of carbonyl (C=O) groups is 4. The van der Waals surface area contributed by atoms with Crippen LogP contribution in [-0.2, 0) is 51.3 Å². The average Bonchev–Trinajstić information content (AvgIpc) is 3.06. The lowest BCUT2D eigenvalue weighted by Crippen LogP contribution is -2.29. The van der Waals surface area contributed by atoms with E-state index in [1.54, 1.807) is 0 Å². The Bertz CT molecular complexity index is 1110. The van der Waals surface area contributed by atoms with Gasteiger partial charge in [-0.05, 0) is 74.8 Å². The van der Waals surface area contributed by atoms with E-state index in [-0.39, 0.29) is 31.3 Å². The number of rotatable bonds is 12. The van der Waals surface area contributed by atoms with Gasteiger partial charge in [0.1, 0.15) is 25.4 Å². The van der Waals surface area contributed by atoms with Crippen molar-refractivity contribution < 1.29 is 38.1 Å². The highest BCUT2D eigenvalue weighted by atomic mass is 16.6. The number of benzene rings is 2. The maximum atomic E-state index is 12.4. The van der Waals surface area contributed by atoms with Crippen LogP contribution in [0, 0.1) is 11.8 Å². The second kappa shape index (κ2) is 20.2. The molecular weight excluding hydrogens is 572 g/mol. The number of hydrogen-bond acceptors (Lipinski definition) is 8. The molecule has 2 aromatic carbocycles. The first-order valence-electron chi connectivity index (χ1n) is 16.3. The summed E-state index contributed by atoms with van der Waals surface area (Å²) in [5.41, 5.74) is 1.77. The highest BCUT2D eigenvalue weighted by Gasteiger charge is 2.30. The Balaban J connectivity index is 0.000000251. The van der Waals surface area contributed by atoms with E-state index >= 15 is 0 Å². The number of carbonyl (C=O) groups excluding carboxylic acids is 4. The first-order chi connectivity index (χ1) is 21.8. The van der Waals surface area contributed by atoms with Gasteiger partial charge in [0.15, 0.2) is 5.92 Å². The van der Waals surface area contributed by atoms with Gasteiger partial charge in [0.05, 0.1) is 0 Å². The number of ether oxygens (including phenoxy) is 4. The maximum absolute atomic E-state index is 12.4. The van der Waals surface area contributed by atoms with E-state index in [1.807, 2.05) is 74.5 Å². The summed E-state index contributed by atoms with van der Waals surface area (Å²) >= 11 is 0. The molecule has 0 saturated heterocycles. The highest BCUT2D eigenvalue weighted by Crippen LogP contribution is 2.22. The monoisotopic (exact) mass is 620 g/mol. The molecule has 0 unspecified atom stereocenters. The van der Waals surface area contributed by atoms with Crippen molar-refractivity contribution in [1.29, 1.82) is 0 Å². The molecule has 0 radical (unpaired) electrons. The van der Waals surface area contributed by atoms with Crippen molar-refractivity contribution in [2.24, 2.45) is 11.8 Å². The predicted molar refractivity (Wildman–Crippen MR) is 170 cm³/mol. The topological polar surface area (TPSA) is 105 Å². The van der Waals surface area contributed by atoms with Crippen molar-refractivity contribution in [3.8, 4) is 0 Å². The summed E-state index contributed by atoms with van der Waals surface area (Å²) in [6, 6.07) is 18.8. The zero-order valence-electron chi connectivity index (χ0n) is 26.7. The van der Waals surface area contributed by atoms with Crippen molar-refractivity contribution in [2.45, 2.75) is 110 Å². The minimum Gasteiger partial charge on any atom is -0.460 e. The summed E-state index contributed by atoms with van der Waals surface area (Å²) in [6.07, 6.45) is 13.5. The van der Waals surface area contributed by atoms with Gasteiger partial charge < -0.3 is 18.9 Å². The van der Waals surface area contributed by atoms with E-state index in [1.165, 1.54) is 25.0 Å². The zero-order chi connectivity index (χ0) is 32.3. The molecule has 8 heteroatoms. The van der Waals surface area contributed by atoms with Crippen LogP contribution in [0.4, 0.5) is 0 Å². The molecule has 45 heavy (non-hydrogen) atoms. The quantitative estimate of drug-likeness (QED) is 0.104. The van der Waals surface area contributed by atoms with Crippen LogP contribution in [0.1, 0.15) is 95.6 Å². The molecule has 0 heterocycles. The summed E-state index contributed by atoms with van der Waals surface area (Å²) in [6.45, 7) is 4.23. The van der Waals surface area contributed by atoms with Crippen LogP contribution in [-0.4, -0.2) is 36.1 Å². The first-order valence-corrected chi connectivity index (χ1v) is 16.3. The van der Waals surface area contributed by atoms with E-state index in [4.69, 9.17) is 18.9 Å². The third-order valence-corrected chi connectivity index (χ3v) is 7.75. The SMILES string of the molecule is CC(C)CC(C(=O)OCc1ccccc1)C(=O)OCc1ccccc1.O=C(/C=C\C(=O)OC1CCCCC1)OC1CCCCC1. The standard InChI is InChI=1S/C21H24O4.C16H24O4/c1-16(2)13-19(20(22)24-14-17-9-5-3-6-10-17)21(23)25-15-18-11-7-4-8-12-18;17-15(19-13-7-3-1-4-8-13)11-12-16(18)20-14-9-5-2-6-10-14/h3-12,16,19H,13-15H2,1-2H3;11-14H,1-10H2/b;12-11-. The average molecular weight is 621 g/mol. The molecule has 2 fully saturated rings. The minimum absolute atomic E-state index is 0.0234. The normalized spacial score (nSPS) is 15.6. The molecule has 2 aromatic rings. The molecule has 2 aliphatic rings. The lowest BCUT2D eigenvalue weighted by Gasteiger charge is -2.21. The lowest BCUT2D eigenvalue weighted by atomic mass is 9.97. The fraction of sp³-hybridized carbons (Fsp3) is 0.514. The summed E-state index contributed by atoms with van der Waals surface area (Å²) < 4.78 is 21.2. The fourth-order valence-electron chi connectivity index (χ4n) is 5.33. The Hall–Kier alpha value is -3.94. The van der Waals surface area contributed by atoms with Gasteiger partial charge in [-0.3, -0.25) is 9.59 Å². The second-order valence-corrected chi connectivity index (χ2v) is 12.1. The van der Waals surface area contributed by atoms with Gasteiger partial charge in [-0.25, -0.2) is 9.59 Å². The molecular formula is C37H48O8. The molecule has 2 saturated carbocycles. The van der Waals surface area contributed by atoms with Crippen molar-refractivity contribution in [2.75, 3.05) is 0 Å². The van der Waals surface area contributed by atoms with Gasteiger partial charge in [0.25, 0.3) is 0 Å². The Morgan fingerprint density at radius 1 is 0.622 bits per heavy atom. The fourth-order valence-corrected chi connectivity index (χ4v) is 5.33. The lowest BCUT2D eigenvalue weighted by molar-refractivity contribution is -0.164. The molecule has 0 amide bonds. The van der Waals surface area contributed by atoms with Crippen LogP contribution in [0.5, 0.6) is 0 Å². The molecule has 0 spiro atoms. The van der Waals surface area contributed by atoms with E-state index in [2.05, 4.69) is 0 Å². The third kappa shape index (κ3) is 14.6. The van der Waals surface area contributed by atoms with E-state index in [0.29, 0.717) is 6.42 Å². The van der Waals surface area contributed by atoms with Crippen LogP contribution in [0.25, 0.3) is 0 Å². The van der Waals surface area contributed by atoms with Crippen molar-refractivity contribution in [3.63, 3.8) is 0 Å². The Kier molecular flexibility index (Phi) is 15.9. The largest absolute Gasteiger partial charge is 0.460 e. The molecule has 244 valence electrons. The highest BCUT2D eigenvalue weighted by molar-refractivity contribution is 5.95. The summed E-state index contributed by atoms with van der Waals surface area (Å²) in [4.78, 5) is 47.9. The molecule has 2 aliphatic carbocycles. The van der Waals surface area contributed by atoms with Crippen LogP contribution in [0.3, 0.4) is 0 Å². The molecule has 0 bridgehead atoms. The van der Waals surface area contributed by atoms with Crippen molar-refractivity contribution >= 4 is 23.9 Å². The molecule has 0 N–H and O–H groups in total. The summed E-state index contributed by atoms with van der Waals surface area (Å²) in [5, 5.41) is 0. The van der Waals surface area contributed by atoms with Crippen molar-refractivity contribution in [3.05, 3.63) is 83.9 Å². The zero-order valence-corrected chi connectivity index (χ0v) is 26.7. The van der Waals surface area contributed by atoms with Crippen LogP contribution in [0.15, 0.2) is 72.8 Å². The maximum Gasteiger partial charge on any atom is 0.331 e. The molecule has 4 rings (SSSR count). The van der Waals surface area contributed by atoms with Gasteiger partial charge in [-0.2, -0.15) is 0 Å². The molecule has 0 aromatic heterocycles. The van der Waals surface area contributed by atoms with Gasteiger partial charge >= 0.3 is 23.9 Å². The van der Waals surface area contributed by atoms with E-state index < -0.39 is 29.8 Å². The first kappa shape index (κ1) is 35.5. The number of hydrogen-bond donors (Lipinski definition) is 0. The van der Waals surface area contributed by atoms with Crippen LogP contribution in [0.2, 0.25) is 0 Å². The molecule has 0 atom stereocenters. The van der Waals surface area contributed by atoms with Crippen LogP contribution < -0.4 is 0 Å². The third-order valence-electron chi connectivity index (χ3n) is 7.75. The van der Waals surface area contributed by atoms with Gasteiger partial charge in [-0.1, -0.05) is 87.4 Å². The van der Waals surface area contributed by atoms with Gasteiger partial charge in [0.2, 0.25) is 0 Å².